The highest BCUT2D eigenvalue weighted by atomic mass is 32.2. The van der Waals surface area contributed by atoms with Crippen LogP contribution in [0.1, 0.15) is 32.7 Å². The second kappa shape index (κ2) is 7.81. The molecule has 1 saturated carbocycles. The number of ether oxygens (including phenoxy) is 1. The maximum absolute atomic E-state index is 11.4. The van der Waals surface area contributed by atoms with E-state index in [1.807, 2.05) is 10.8 Å². The van der Waals surface area contributed by atoms with Gasteiger partial charge in [-0.15, -0.1) is 0 Å². The van der Waals surface area contributed by atoms with Gasteiger partial charge in [-0.3, -0.25) is 13.8 Å². The highest BCUT2D eigenvalue weighted by Gasteiger charge is 2.38. The van der Waals surface area contributed by atoms with Gasteiger partial charge in [-0.25, -0.2) is 15.1 Å². The van der Waals surface area contributed by atoms with Crippen LogP contribution in [0.4, 0.5) is 5.82 Å². The van der Waals surface area contributed by atoms with Gasteiger partial charge in [-0.2, -0.15) is 8.42 Å². The van der Waals surface area contributed by atoms with Crippen molar-refractivity contribution in [2.24, 2.45) is 11.1 Å². The van der Waals surface area contributed by atoms with Crippen molar-refractivity contribution in [3.05, 3.63) is 18.6 Å². The van der Waals surface area contributed by atoms with Crippen LogP contribution in [0.15, 0.2) is 18.6 Å². The Morgan fingerprint density at radius 2 is 2.07 bits per heavy atom. The molecule has 0 spiro atoms. The monoisotopic (exact) mass is 411 g/mol. The number of aromatic nitrogens is 3. The third-order valence-electron chi connectivity index (χ3n) is 4.57. The molecule has 152 valence electrons. The van der Waals surface area contributed by atoms with Gasteiger partial charge in [0.25, 0.3) is 0 Å². The van der Waals surface area contributed by atoms with Gasteiger partial charge in [0.15, 0.2) is 0 Å². The number of nitrogens with zero attached hydrogens (tertiary/aromatic N) is 3. The smallest absolute Gasteiger partial charge is 0.333 e. The number of amides is 1. The van der Waals surface area contributed by atoms with Gasteiger partial charge in [0, 0.05) is 38.4 Å². The molecule has 2 aromatic heterocycles. The van der Waals surface area contributed by atoms with E-state index in [-0.39, 0.29) is 24.5 Å². The lowest BCUT2D eigenvalue weighted by molar-refractivity contribution is -0.148. The first-order valence-corrected chi connectivity index (χ1v) is 10.0. The van der Waals surface area contributed by atoms with Crippen molar-refractivity contribution < 1.29 is 26.9 Å². The zero-order valence-corrected chi connectivity index (χ0v) is 16.2. The predicted octanol–water partition coefficient (Wildman–Crippen LogP) is 0.493. The van der Waals surface area contributed by atoms with E-state index in [0.29, 0.717) is 29.7 Å². The maximum Gasteiger partial charge on any atom is 0.333 e. The molecule has 28 heavy (non-hydrogen) atoms. The summed E-state index contributed by atoms with van der Waals surface area (Å²) in [5, 5.41) is 8.24. The molecular formula is C16H21N5O6S. The fourth-order valence-electron chi connectivity index (χ4n) is 3.53. The summed E-state index contributed by atoms with van der Waals surface area (Å²) in [5.74, 6) is -0.649. The molecule has 3 N–H and O–H groups in total. The maximum atomic E-state index is 11.4. The summed E-state index contributed by atoms with van der Waals surface area (Å²) >= 11 is 0. The van der Waals surface area contributed by atoms with Crippen LogP contribution in [0.5, 0.6) is 0 Å². The fourth-order valence-corrected chi connectivity index (χ4v) is 3.90. The van der Waals surface area contributed by atoms with Gasteiger partial charge in [0.1, 0.15) is 23.9 Å². The van der Waals surface area contributed by atoms with Gasteiger partial charge in [0.2, 0.25) is 5.91 Å². The van der Waals surface area contributed by atoms with E-state index >= 15 is 0 Å². The van der Waals surface area contributed by atoms with Crippen LogP contribution in [-0.2, 0) is 28.8 Å². The summed E-state index contributed by atoms with van der Waals surface area (Å²) in [6.07, 6.45) is 3.60. The van der Waals surface area contributed by atoms with Crippen LogP contribution in [-0.4, -0.2) is 47.5 Å². The first-order chi connectivity index (χ1) is 13.1. The Morgan fingerprint density at radius 3 is 2.71 bits per heavy atom. The number of esters is 1. The van der Waals surface area contributed by atoms with Crippen molar-refractivity contribution >= 4 is 39.0 Å². The molecule has 0 aromatic carbocycles. The second-order valence-corrected chi connectivity index (χ2v) is 7.90. The van der Waals surface area contributed by atoms with Gasteiger partial charge in [-0.1, -0.05) is 0 Å². The number of anilines is 1. The highest BCUT2D eigenvalue weighted by Crippen LogP contribution is 2.39. The minimum absolute atomic E-state index is 0.115. The first-order valence-electron chi connectivity index (χ1n) is 8.57. The fraction of sp³-hybridized carbons (Fsp3) is 0.500. The Kier molecular flexibility index (Phi) is 5.63. The third kappa shape index (κ3) is 4.64. The van der Waals surface area contributed by atoms with Crippen molar-refractivity contribution in [1.29, 1.82) is 0 Å². The standard InChI is InChI=1S/C16H21N5O6S/c1-9(22)20-15-13-3-4-21(16(13)19-8-18-15)12-5-11(7-26-28(17,24)25)14(6-12)27-10(2)23/h3-4,8,11-12,14H,5-7H2,1-2H3,(H2,17,24,25)(H,18,19,20,22). The zero-order valence-electron chi connectivity index (χ0n) is 15.4. The second-order valence-electron chi connectivity index (χ2n) is 6.67. The topological polar surface area (TPSA) is 155 Å². The molecule has 1 aliphatic rings. The number of nitrogens with one attached hydrogen (secondary N) is 1. The number of hydrogen-bond donors (Lipinski definition) is 2. The SMILES string of the molecule is CC(=O)Nc1ncnc2c1ccn2C1CC(COS(N)(=O)=O)C(OC(C)=O)C1. The minimum Gasteiger partial charge on any atom is -0.462 e. The average Bonchev–Trinajstić information content (AvgIpc) is 3.15. The summed E-state index contributed by atoms with van der Waals surface area (Å²) in [6.45, 7) is 2.50. The lowest BCUT2D eigenvalue weighted by Crippen LogP contribution is -2.27. The molecule has 12 heteroatoms. The lowest BCUT2D eigenvalue weighted by atomic mass is 10.1. The Bertz CT molecular complexity index is 1000. The van der Waals surface area contributed by atoms with Crippen molar-refractivity contribution in [3.8, 4) is 0 Å². The summed E-state index contributed by atoms with van der Waals surface area (Å²) in [5.41, 5.74) is 0.610. The van der Waals surface area contributed by atoms with Crippen molar-refractivity contribution in [2.75, 3.05) is 11.9 Å². The highest BCUT2D eigenvalue weighted by molar-refractivity contribution is 7.84. The summed E-state index contributed by atoms with van der Waals surface area (Å²) in [6, 6.07) is 1.67. The molecule has 2 aromatic rings. The normalized spacial score (nSPS) is 22.3. The van der Waals surface area contributed by atoms with Crippen LogP contribution in [0.2, 0.25) is 0 Å². The van der Waals surface area contributed by atoms with E-state index in [1.54, 1.807) is 6.07 Å². The molecule has 0 radical (unpaired) electrons. The third-order valence-corrected chi connectivity index (χ3v) is 5.03. The molecule has 2 heterocycles. The van der Waals surface area contributed by atoms with Crippen molar-refractivity contribution in [1.82, 2.24) is 14.5 Å². The molecule has 11 nitrogen and oxygen atoms in total. The van der Waals surface area contributed by atoms with Crippen molar-refractivity contribution in [3.63, 3.8) is 0 Å². The first kappa shape index (κ1) is 20.2. The number of fused-ring (bicyclic) bond motifs is 1. The van der Waals surface area contributed by atoms with E-state index in [1.165, 1.54) is 20.2 Å². The van der Waals surface area contributed by atoms with Crippen LogP contribution in [0.3, 0.4) is 0 Å². The molecular weight excluding hydrogens is 390 g/mol. The van der Waals surface area contributed by atoms with Crippen LogP contribution < -0.4 is 10.5 Å². The van der Waals surface area contributed by atoms with Gasteiger partial charge < -0.3 is 14.6 Å². The van der Waals surface area contributed by atoms with E-state index in [2.05, 4.69) is 15.3 Å². The molecule has 0 aliphatic heterocycles. The Morgan fingerprint density at radius 1 is 1.32 bits per heavy atom. The molecule has 3 atom stereocenters. The van der Waals surface area contributed by atoms with Crippen LogP contribution >= 0.6 is 0 Å². The summed E-state index contributed by atoms with van der Waals surface area (Å²) < 4.78 is 34.2. The molecule has 3 unspecified atom stereocenters. The average molecular weight is 411 g/mol. The molecule has 3 rings (SSSR count). The Hall–Kier alpha value is -2.57. The Labute approximate surface area is 161 Å². The lowest BCUT2D eigenvalue weighted by Gasteiger charge is -2.18. The molecule has 0 saturated heterocycles. The van der Waals surface area contributed by atoms with Gasteiger partial charge in [0.05, 0.1) is 12.0 Å². The van der Waals surface area contributed by atoms with Gasteiger partial charge in [-0.05, 0) is 12.5 Å². The van der Waals surface area contributed by atoms with Crippen LogP contribution in [0.25, 0.3) is 11.0 Å². The number of hydrogen-bond acceptors (Lipinski definition) is 8. The molecule has 1 fully saturated rings. The predicted molar refractivity (Wildman–Crippen MR) is 98.2 cm³/mol. The van der Waals surface area contributed by atoms with Gasteiger partial charge >= 0.3 is 16.3 Å². The van der Waals surface area contributed by atoms with E-state index in [4.69, 9.17) is 14.1 Å². The number of carbonyl (C=O) groups excluding carboxylic acids is 2. The van der Waals surface area contributed by atoms with Crippen molar-refractivity contribution in [2.45, 2.75) is 38.8 Å². The summed E-state index contributed by atoms with van der Waals surface area (Å²) in [7, 11) is -4.09. The van der Waals surface area contributed by atoms with E-state index in [9.17, 15) is 18.0 Å². The minimum atomic E-state index is -4.09. The molecule has 1 aliphatic carbocycles. The summed E-state index contributed by atoms with van der Waals surface area (Å²) in [4.78, 5) is 31.2. The number of carbonyl (C=O) groups is 2. The number of rotatable bonds is 6. The largest absolute Gasteiger partial charge is 0.462 e. The van der Waals surface area contributed by atoms with E-state index in [0.717, 1.165) is 0 Å². The molecule has 0 bridgehead atoms. The quantitative estimate of drug-likeness (QED) is 0.651. The van der Waals surface area contributed by atoms with E-state index < -0.39 is 22.4 Å². The Balaban J connectivity index is 1.87. The van der Waals surface area contributed by atoms with Crippen LogP contribution in [0, 0.1) is 5.92 Å². The zero-order chi connectivity index (χ0) is 20.5. The number of nitrogens with two attached hydrogens (primary N) is 1. The molecule has 1 amide bonds.